The summed E-state index contributed by atoms with van der Waals surface area (Å²) >= 11 is 6.45. The van der Waals surface area contributed by atoms with Crippen molar-refractivity contribution in [1.29, 1.82) is 0 Å². The fourth-order valence-corrected chi connectivity index (χ4v) is 3.92. The van der Waals surface area contributed by atoms with E-state index in [-0.39, 0.29) is 5.91 Å². The number of nitrogens with zero attached hydrogens (tertiary/aromatic N) is 1. The van der Waals surface area contributed by atoms with E-state index in [0.717, 1.165) is 16.9 Å². The Bertz CT molecular complexity index is 575. The summed E-state index contributed by atoms with van der Waals surface area (Å²) < 4.78 is 0. The Kier molecular flexibility index (Phi) is 3.84. The van der Waals surface area contributed by atoms with Crippen LogP contribution in [-0.4, -0.2) is 19.0 Å². The minimum atomic E-state index is -0.606. The van der Waals surface area contributed by atoms with Crippen molar-refractivity contribution in [3.8, 4) is 0 Å². The number of benzene rings is 1. The Morgan fingerprint density at radius 3 is 2.76 bits per heavy atom. The Labute approximate surface area is 130 Å². The third-order valence-electron chi connectivity index (χ3n) is 4.94. The Balaban J connectivity index is 1.92. The minimum Gasteiger partial charge on any atom is -0.370 e. The van der Waals surface area contributed by atoms with E-state index in [1.807, 2.05) is 12.1 Å². The van der Waals surface area contributed by atoms with Crippen LogP contribution < -0.4 is 16.0 Å². The van der Waals surface area contributed by atoms with Gasteiger partial charge in [-0.15, -0.1) is 0 Å². The molecule has 1 aliphatic carbocycles. The summed E-state index contributed by atoms with van der Waals surface area (Å²) in [6.45, 7) is 2.30. The maximum atomic E-state index is 11.7. The van der Waals surface area contributed by atoms with Gasteiger partial charge >= 0.3 is 0 Å². The average Bonchev–Trinajstić information content (AvgIpc) is 2.73. The van der Waals surface area contributed by atoms with Crippen LogP contribution in [0.3, 0.4) is 0 Å². The van der Waals surface area contributed by atoms with Crippen molar-refractivity contribution in [2.45, 2.75) is 44.7 Å². The Morgan fingerprint density at radius 2 is 2.05 bits per heavy atom. The van der Waals surface area contributed by atoms with Gasteiger partial charge in [0.05, 0.1) is 10.7 Å². The van der Waals surface area contributed by atoms with E-state index in [1.54, 1.807) is 0 Å². The second kappa shape index (κ2) is 5.50. The van der Waals surface area contributed by atoms with Crippen molar-refractivity contribution in [2.75, 3.05) is 17.3 Å². The number of rotatable bonds is 2. The monoisotopic (exact) mass is 307 g/mol. The van der Waals surface area contributed by atoms with Gasteiger partial charge < -0.3 is 16.0 Å². The number of hydrogen-bond donors (Lipinski definition) is 2. The molecule has 2 aliphatic rings. The predicted octanol–water partition coefficient (Wildman–Crippen LogP) is 3.31. The van der Waals surface area contributed by atoms with Crippen molar-refractivity contribution in [1.82, 2.24) is 0 Å². The van der Waals surface area contributed by atoms with Crippen LogP contribution >= 0.6 is 11.6 Å². The second-order valence-corrected chi connectivity index (χ2v) is 6.70. The summed E-state index contributed by atoms with van der Waals surface area (Å²) in [7, 11) is 2.09. The molecule has 0 bridgehead atoms. The summed E-state index contributed by atoms with van der Waals surface area (Å²) in [5, 5.41) is 3.50. The first-order chi connectivity index (χ1) is 9.99. The zero-order valence-corrected chi connectivity index (χ0v) is 13.3. The largest absolute Gasteiger partial charge is 0.370 e. The molecule has 1 amide bonds. The second-order valence-electron chi connectivity index (χ2n) is 6.30. The zero-order valence-electron chi connectivity index (χ0n) is 12.5. The number of anilines is 2. The van der Waals surface area contributed by atoms with Gasteiger partial charge in [0.25, 0.3) is 0 Å². The predicted molar refractivity (Wildman–Crippen MR) is 86.8 cm³/mol. The van der Waals surface area contributed by atoms with Crippen molar-refractivity contribution >= 4 is 28.9 Å². The molecule has 1 heterocycles. The number of halogens is 1. The Hall–Kier alpha value is -1.26. The standard InChI is InChI=1S/C16H22ClN3O/c1-9-5-3-4-6-13(9)20(2)14-8-12-10(7-11(14)17)15(18)16(21)19-12/h7-9,13,15H,3-6,18H2,1-2H3,(H,19,21). The molecule has 1 aromatic rings. The van der Waals surface area contributed by atoms with Crippen LogP contribution in [0.4, 0.5) is 11.4 Å². The number of carbonyl (C=O) groups is 1. The first kappa shape index (κ1) is 14.7. The molecule has 3 atom stereocenters. The lowest BCUT2D eigenvalue weighted by Gasteiger charge is -2.38. The molecule has 5 heteroatoms. The third kappa shape index (κ3) is 2.51. The molecule has 114 valence electrons. The molecule has 1 aliphatic heterocycles. The molecule has 4 nitrogen and oxygen atoms in total. The number of amides is 1. The molecular weight excluding hydrogens is 286 g/mol. The lowest BCUT2D eigenvalue weighted by atomic mass is 9.85. The molecule has 21 heavy (non-hydrogen) atoms. The highest BCUT2D eigenvalue weighted by Crippen LogP contribution is 2.40. The van der Waals surface area contributed by atoms with Gasteiger partial charge in [-0.3, -0.25) is 4.79 Å². The summed E-state index contributed by atoms with van der Waals surface area (Å²) in [5.41, 5.74) is 8.43. The molecule has 1 aromatic carbocycles. The summed E-state index contributed by atoms with van der Waals surface area (Å²) in [6.07, 6.45) is 5.04. The van der Waals surface area contributed by atoms with Gasteiger partial charge in [0, 0.05) is 24.3 Å². The fraction of sp³-hybridized carbons (Fsp3) is 0.562. The molecule has 3 unspecified atom stereocenters. The van der Waals surface area contributed by atoms with Gasteiger partial charge in [-0.1, -0.05) is 31.4 Å². The van der Waals surface area contributed by atoms with Gasteiger partial charge in [-0.2, -0.15) is 0 Å². The van der Waals surface area contributed by atoms with Gasteiger partial charge in [0.15, 0.2) is 0 Å². The van der Waals surface area contributed by atoms with Crippen LogP contribution in [0.5, 0.6) is 0 Å². The number of fused-ring (bicyclic) bond motifs is 1. The number of nitrogens with two attached hydrogens (primary N) is 1. The maximum absolute atomic E-state index is 11.7. The number of carbonyl (C=O) groups excluding carboxylic acids is 1. The summed E-state index contributed by atoms with van der Waals surface area (Å²) in [6, 6.07) is 3.69. The first-order valence-electron chi connectivity index (χ1n) is 7.61. The van der Waals surface area contributed by atoms with Crippen LogP contribution in [0.15, 0.2) is 12.1 Å². The van der Waals surface area contributed by atoms with Crippen molar-refractivity contribution in [2.24, 2.45) is 11.7 Å². The van der Waals surface area contributed by atoms with E-state index in [1.165, 1.54) is 25.7 Å². The number of hydrogen-bond acceptors (Lipinski definition) is 3. The van der Waals surface area contributed by atoms with Crippen molar-refractivity contribution in [3.63, 3.8) is 0 Å². The quantitative estimate of drug-likeness (QED) is 0.881. The van der Waals surface area contributed by atoms with Gasteiger partial charge in [0.1, 0.15) is 6.04 Å². The van der Waals surface area contributed by atoms with Gasteiger partial charge in [0.2, 0.25) is 5.91 Å². The minimum absolute atomic E-state index is 0.160. The third-order valence-corrected chi connectivity index (χ3v) is 5.24. The van der Waals surface area contributed by atoms with E-state index >= 15 is 0 Å². The molecule has 1 fully saturated rings. The van der Waals surface area contributed by atoms with E-state index in [0.29, 0.717) is 17.0 Å². The highest BCUT2D eigenvalue weighted by molar-refractivity contribution is 6.33. The molecule has 0 spiro atoms. The normalized spacial score (nSPS) is 28.2. The smallest absolute Gasteiger partial charge is 0.245 e. The highest BCUT2D eigenvalue weighted by Gasteiger charge is 2.31. The zero-order chi connectivity index (χ0) is 15.1. The molecule has 3 rings (SSSR count). The van der Waals surface area contributed by atoms with E-state index in [2.05, 4.69) is 24.2 Å². The molecule has 1 saturated carbocycles. The molecule has 0 aromatic heterocycles. The maximum Gasteiger partial charge on any atom is 0.245 e. The molecule has 0 radical (unpaired) electrons. The number of nitrogens with one attached hydrogen (secondary N) is 1. The van der Waals surface area contributed by atoms with Crippen molar-refractivity contribution in [3.05, 3.63) is 22.7 Å². The van der Waals surface area contributed by atoms with Gasteiger partial charge in [-0.25, -0.2) is 0 Å². The van der Waals surface area contributed by atoms with Gasteiger partial charge in [-0.05, 0) is 30.9 Å². The van der Waals surface area contributed by atoms with E-state index in [4.69, 9.17) is 17.3 Å². The van der Waals surface area contributed by atoms with Crippen LogP contribution in [0.2, 0.25) is 5.02 Å². The Morgan fingerprint density at radius 1 is 1.33 bits per heavy atom. The summed E-state index contributed by atoms with van der Waals surface area (Å²) in [5.74, 6) is 0.497. The summed E-state index contributed by atoms with van der Waals surface area (Å²) in [4.78, 5) is 14.0. The lowest BCUT2D eigenvalue weighted by Crippen LogP contribution is -2.39. The average molecular weight is 308 g/mol. The van der Waals surface area contributed by atoms with Crippen LogP contribution in [0.1, 0.15) is 44.2 Å². The fourth-order valence-electron chi connectivity index (χ4n) is 3.62. The van der Waals surface area contributed by atoms with Crippen LogP contribution in [-0.2, 0) is 4.79 Å². The van der Waals surface area contributed by atoms with E-state index < -0.39 is 6.04 Å². The highest BCUT2D eigenvalue weighted by atomic mass is 35.5. The first-order valence-corrected chi connectivity index (χ1v) is 7.99. The molecule has 0 saturated heterocycles. The van der Waals surface area contributed by atoms with Crippen LogP contribution in [0.25, 0.3) is 0 Å². The van der Waals surface area contributed by atoms with Crippen molar-refractivity contribution < 1.29 is 4.79 Å². The molecule has 3 N–H and O–H groups in total. The van der Waals surface area contributed by atoms with E-state index in [9.17, 15) is 4.79 Å². The SMILES string of the molecule is CC1CCCCC1N(C)c1cc2c(cc1Cl)C(N)C(=O)N2. The lowest BCUT2D eigenvalue weighted by molar-refractivity contribution is -0.116. The topological polar surface area (TPSA) is 58.4 Å². The molecular formula is C16H22ClN3O. The van der Waals surface area contributed by atoms with Crippen LogP contribution in [0, 0.1) is 5.92 Å².